The van der Waals surface area contributed by atoms with Crippen LogP contribution in [-0.4, -0.2) is 47.5 Å². The summed E-state index contributed by atoms with van der Waals surface area (Å²) in [5.41, 5.74) is 1.01. The number of hydrogen-bond acceptors (Lipinski definition) is 5. The number of rotatable bonds is 2. The van der Waals surface area contributed by atoms with Crippen molar-refractivity contribution in [2.75, 3.05) is 6.54 Å². The van der Waals surface area contributed by atoms with Gasteiger partial charge < -0.3 is 14.4 Å². The van der Waals surface area contributed by atoms with Crippen molar-refractivity contribution in [2.24, 2.45) is 0 Å². The SMILES string of the molecule is CC(=O)O[C@H]1[C@@H](OC(C)=O)C=C2CCCCN(C(C)=O)[C@@H]21. The van der Waals surface area contributed by atoms with Crippen molar-refractivity contribution in [1.82, 2.24) is 4.90 Å². The van der Waals surface area contributed by atoms with E-state index in [0.29, 0.717) is 6.54 Å². The molecule has 3 atom stereocenters. The van der Waals surface area contributed by atoms with Crippen molar-refractivity contribution < 1.29 is 23.9 Å². The van der Waals surface area contributed by atoms with E-state index < -0.39 is 24.1 Å². The lowest BCUT2D eigenvalue weighted by atomic mass is 10.0. The number of esters is 2. The van der Waals surface area contributed by atoms with Crippen molar-refractivity contribution in [1.29, 1.82) is 0 Å². The van der Waals surface area contributed by atoms with E-state index in [1.165, 1.54) is 20.8 Å². The standard InChI is InChI=1S/C15H21NO5/c1-9(17)16-7-5-4-6-12-8-13(20-10(2)18)15(14(12)16)21-11(3)19/h8,13-15H,4-7H2,1-3H3/t13-,14-,15-/m0/s1. The van der Waals surface area contributed by atoms with E-state index in [9.17, 15) is 14.4 Å². The van der Waals surface area contributed by atoms with Crippen LogP contribution in [-0.2, 0) is 23.9 Å². The Morgan fingerprint density at radius 3 is 2.33 bits per heavy atom. The van der Waals surface area contributed by atoms with Gasteiger partial charge in [0.1, 0.15) is 0 Å². The second kappa shape index (κ2) is 6.28. The van der Waals surface area contributed by atoms with Crippen molar-refractivity contribution >= 4 is 17.8 Å². The first-order valence-electron chi connectivity index (χ1n) is 7.22. The molecule has 1 saturated heterocycles. The molecule has 1 aliphatic heterocycles. The fourth-order valence-corrected chi connectivity index (χ4v) is 3.12. The van der Waals surface area contributed by atoms with Crippen LogP contribution < -0.4 is 0 Å². The summed E-state index contributed by atoms with van der Waals surface area (Å²) in [7, 11) is 0. The first-order chi connectivity index (χ1) is 9.90. The van der Waals surface area contributed by atoms with Crippen LogP contribution in [0.1, 0.15) is 40.0 Å². The van der Waals surface area contributed by atoms with Gasteiger partial charge in [-0.3, -0.25) is 14.4 Å². The summed E-state index contributed by atoms with van der Waals surface area (Å²) in [5, 5.41) is 0. The Balaban J connectivity index is 2.32. The molecule has 0 aromatic heterocycles. The van der Waals surface area contributed by atoms with Crippen molar-refractivity contribution in [2.45, 2.75) is 58.3 Å². The smallest absolute Gasteiger partial charge is 0.303 e. The zero-order valence-corrected chi connectivity index (χ0v) is 12.6. The molecule has 6 nitrogen and oxygen atoms in total. The Kier molecular flexibility index (Phi) is 4.65. The molecule has 0 unspecified atom stereocenters. The number of carbonyl (C=O) groups excluding carboxylic acids is 3. The third kappa shape index (κ3) is 3.43. The van der Waals surface area contributed by atoms with E-state index in [2.05, 4.69) is 0 Å². The molecule has 0 radical (unpaired) electrons. The lowest BCUT2D eigenvalue weighted by Crippen LogP contribution is -2.49. The van der Waals surface area contributed by atoms with Crippen LogP contribution in [0.4, 0.5) is 0 Å². The van der Waals surface area contributed by atoms with Gasteiger partial charge in [0, 0.05) is 27.3 Å². The molecule has 6 heteroatoms. The van der Waals surface area contributed by atoms with Gasteiger partial charge in [-0.15, -0.1) is 0 Å². The van der Waals surface area contributed by atoms with Gasteiger partial charge in [0.05, 0.1) is 6.04 Å². The lowest BCUT2D eigenvalue weighted by Gasteiger charge is -2.33. The molecule has 0 aromatic carbocycles. The van der Waals surface area contributed by atoms with E-state index >= 15 is 0 Å². The van der Waals surface area contributed by atoms with E-state index in [1.54, 1.807) is 4.90 Å². The second-order valence-electron chi connectivity index (χ2n) is 5.50. The van der Waals surface area contributed by atoms with Crippen molar-refractivity contribution in [3.8, 4) is 0 Å². The zero-order valence-electron chi connectivity index (χ0n) is 12.6. The summed E-state index contributed by atoms with van der Waals surface area (Å²) < 4.78 is 10.6. The first kappa shape index (κ1) is 15.5. The van der Waals surface area contributed by atoms with Gasteiger partial charge >= 0.3 is 11.9 Å². The number of nitrogens with zero attached hydrogens (tertiary/aromatic N) is 1. The predicted octanol–water partition coefficient (Wildman–Crippen LogP) is 1.19. The maximum Gasteiger partial charge on any atom is 0.303 e. The summed E-state index contributed by atoms with van der Waals surface area (Å²) in [4.78, 5) is 36.2. The maximum atomic E-state index is 11.9. The summed E-state index contributed by atoms with van der Waals surface area (Å²) in [5.74, 6) is -0.937. The fourth-order valence-electron chi connectivity index (χ4n) is 3.12. The Morgan fingerprint density at radius 2 is 1.76 bits per heavy atom. The lowest BCUT2D eigenvalue weighted by molar-refractivity contribution is -0.165. The molecule has 116 valence electrons. The number of likely N-dealkylation sites (tertiary alicyclic amines) is 1. The van der Waals surface area contributed by atoms with Crippen LogP contribution in [0.3, 0.4) is 0 Å². The Bertz CT molecular complexity index is 484. The summed E-state index contributed by atoms with van der Waals surface area (Å²) in [6.45, 7) is 4.77. The highest BCUT2D eigenvalue weighted by molar-refractivity contribution is 5.75. The third-order valence-corrected chi connectivity index (χ3v) is 3.85. The summed E-state index contributed by atoms with van der Waals surface area (Å²) in [6.07, 6.45) is 3.27. The molecular weight excluding hydrogens is 274 g/mol. The highest BCUT2D eigenvalue weighted by Gasteiger charge is 2.45. The normalized spacial score (nSPS) is 28.2. The Labute approximate surface area is 124 Å². The first-order valence-corrected chi connectivity index (χ1v) is 7.22. The highest BCUT2D eigenvalue weighted by atomic mass is 16.6. The van der Waals surface area contributed by atoms with Gasteiger partial charge in [-0.05, 0) is 30.9 Å². The summed E-state index contributed by atoms with van der Waals surface area (Å²) in [6, 6.07) is -0.321. The molecule has 0 aromatic rings. The van der Waals surface area contributed by atoms with E-state index in [1.807, 2.05) is 6.08 Å². The van der Waals surface area contributed by atoms with E-state index in [0.717, 1.165) is 24.8 Å². The largest absolute Gasteiger partial charge is 0.456 e. The molecule has 0 bridgehead atoms. The van der Waals surface area contributed by atoms with Crippen LogP contribution in [0, 0.1) is 0 Å². The van der Waals surface area contributed by atoms with Gasteiger partial charge in [0.2, 0.25) is 5.91 Å². The van der Waals surface area contributed by atoms with Crippen LogP contribution in [0.5, 0.6) is 0 Å². The second-order valence-corrected chi connectivity index (χ2v) is 5.50. The average Bonchev–Trinajstić information content (AvgIpc) is 2.57. The number of hydrogen-bond donors (Lipinski definition) is 0. The number of ether oxygens (including phenoxy) is 2. The van der Waals surface area contributed by atoms with Gasteiger partial charge in [-0.2, -0.15) is 0 Å². The predicted molar refractivity (Wildman–Crippen MR) is 74.2 cm³/mol. The Morgan fingerprint density at radius 1 is 1.10 bits per heavy atom. The minimum absolute atomic E-state index is 0.0616. The number of amides is 1. The molecule has 0 N–H and O–H groups in total. The molecule has 1 amide bonds. The molecule has 0 saturated carbocycles. The topological polar surface area (TPSA) is 72.9 Å². The molecule has 1 heterocycles. The van der Waals surface area contributed by atoms with E-state index in [-0.39, 0.29) is 11.9 Å². The van der Waals surface area contributed by atoms with Crippen LogP contribution in [0.2, 0.25) is 0 Å². The molecule has 0 spiro atoms. The molecule has 1 aliphatic carbocycles. The van der Waals surface area contributed by atoms with Crippen LogP contribution >= 0.6 is 0 Å². The fraction of sp³-hybridized carbons (Fsp3) is 0.667. The minimum Gasteiger partial charge on any atom is -0.456 e. The van der Waals surface area contributed by atoms with Gasteiger partial charge in [-0.25, -0.2) is 0 Å². The molecule has 1 fully saturated rings. The minimum atomic E-state index is -0.650. The van der Waals surface area contributed by atoms with Crippen LogP contribution in [0.15, 0.2) is 11.6 Å². The molecule has 2 rings (SSSR count). The number of carbonyl (C=O) groups is 3. The van der Waals surface area contributed by atoms with Gasteiger partial charge in [-0.1, -0.05) is 0 Å². The van der Waals surface area contributed by atoms with Crippen molar-refractivity contribution in [3.05, 3.63) is 11.6 Å². The summed E-state index contributed by atoms with van der Waals surface area (Å²) >= 11 is 0. The number of fused-ring (bicyclic) bond motifs is 1. The monoisotopic (exact) mass is 295 g/mol. The molecule has 21 heavy (non-hydrogen) atoms. The maximum absolute atomic E-state index is 11.9. The van der Waals surface area contributed by atoms with E-state index in [4.69, 9.17) is 9.47 Å². The highest BCUT2D eigenvalue weighted by Crippen LogP contribution is 2.35. The van der Waals surface area contributed by atoms with Gasteiger partial charge in [0.15, 0.2) is 12.2 Å². The third-order valence-electron chi connectivity index (χ3n) is 3.85. The van der Waals surface area contributed by atoms with Crippen LogP contribution in [0.25, 0.3) is 0 Å². The van der Waals surface area contributed by atoms with Gasteiger partial charge in [0.25, 0.3) is 0 Å². The molecular formula is C15H21NO5. The quantitative estimate of drug-likeness (QED) is 0.565. The molecule has 2 aliphatic rings. The van der Waals surface area contributed by atoms with Crippen molar-refractivity contribution in [3.63, 3.8) is 0 Å². The Hall–Kier alpha value is -1.85. The average molecular weight is 295 g/mol. The zero-order chi connectivity index (χ0) is 15.6.